The van der Waals surface area contributed by atoms with Gasteiger partial charge in [-0.3, -0.25) is 0 Å². The van der Waals surface area contributed by atoms with Crippen LogP contribution in [0.5, 0.6) is 0 Å². The minimum Gasteiger partial charge on any atom is -0.391 e. The van der Waals surface area contributed by atoms with Gasteiger partial charge in [-0.05, 0) is 29.9 Å². The van der Waals surface area contributed by atoms with Gasteiger partial charge >= 0.3 is 0 Å². The second kappa shape index (κ2) is 4.69. The standard InChI is InChI=1S/C15H23NO/c1-15(2,3)14(17)11-16-10-6-8-12-7-4-5-9-13(12)16/h4-5,7,9,14,17H,6,8,10-11H2,1-3H3. The van der Waals surface area contributed by atoms with Crippen molar-refractivity contribution < 1.29 is 5.11 Å². The highest BCUT2D eigenvalue weighted by atomic mass is 16.3. The molecule has 1 heterocycles. The molecular formula is C15H23NO. The first kappa shape index (κ1) is 12.4. The number of fused-ring (bicyclic) bond motifs is 1. The maximum atomic E-state index is 10.2. The lowest BCUT2D eigenvalue weighted by Gasteiger charge is -2.36. The second-order valence-corrected chi connectivity index (χ2v) is 6.06. The van der Waals surface area contributed by atoms with Crippen LogP contribution >= 0.6 is 0 Å². The zero-order chi connectivity index (χ0) is 12.5. The third kappa shape index (κ3) is 2.81. The monoisotopic (exact) mass is 233 g/mol. The maximum absolute atomic E-state index is 10.2. The quantitative estimate of drug-likeness (QED) is 0.849. The Kier molecular flexibility index (Phi) is 3.43. The van der Waals surface area contributed by atoms with Gasteiger partial charge in [0.1, 0.15) is 0 Å². The highest BCUT2D eigenvalue weighted by Gasteiger charge is 2.26. The Balaban J connectivity index is 2.14. The smallest absolute Gasteiger partial charge is 0.0763 e. The fourth-order valence-electron chi connectivity index (χ4n) is 2.28. The highest BCUT2D eigenvalue weighted by molar-refractivity contribution is 5.55. The average molecular weight is 233 g/mol. The molecule has 1 atom stereocenters. The fraction of sp³-hybridized carbons (Fsp3) is 0.600. The van der Waals surface area contributed by atoms with Crippen molar-refractivity contribution >= 4 is 5.69 Å². The van der Waals surface area contributed by atoms with Gasteiger partial charge in [-0.25, -0.2) is 0 Å². The summed E-state index contributed by atoms with van der Waals surface area (Å²) in [6.45, 7) is 8.07. The lowest BCUT2D eigenvalue weighted by atomic mass is 9.88. The molecular weight excluding hydrogens is 210 g/mol. The Hall–Kier alpha value is -1.02. The van der Waals surface area contributed by atoms with E-state index in [1.54, 1.807) is 0 Å². The van der Waals surface area contributed by atoms with Gasteiger partial charge in [-0.1, -0.05) is 39.0 Å². The molecule has 2 rings (SSSR count). The maximum Gasteiger partial charge on any atom is 0.0763 e. The SMILES string of the molecule is CC(C)(C)C(O)CN1CCCc2ccccc21. The van der Waals surface area contributed by atoms with Crippen LogP contribution in [0.3, 0.4) is 0 Å². The first-order valence-corrected chi connectivity index (χ1v) is 6.49. The lowest BCUT2D eigenvalue weighted by Crippen LogP contribution is -2.41. The van der Waals surface area contributed by atoms with Gasteiger partial charge in [0.2, 0.25) is 0 Å². The predicted octanol–water partition coefficient (Wildman–Crippen LogP) is 2.85. The third-order valence-electron chi connectivity index (χ3n) is 3.60. The molecule has 0 bridgehead atoms. The van der Waals surface area contributed by atoms with Crippen molar-refractivity contribution in [3.63, 3.8) is 0 Å². The van der Waals surface area contributed by atoms with E-state index in [0.717, 1.165) is 19.5 Å². The van der Waals surface area contributed by atoms with E-state index >= 15 is 0 Å². The normalized spacial score (nSPS) is 17.8. The average Bonchev–Trinajstić information content (AvgIpc) is 2.28. The van der Waals surface area contributed by atoms with E-state index in [2.05, 4.69) is 49.9 Å². The number of β-amino-alcohol motifs (C(OH)–C–C–N with tert-alkyl or cyclic N) is 1. The number of aliphatic hydroxyl groups excluding tert-OH is 1. The van der Waals surface area contributed by atoms with Crippen LogP contribution in [-0.4, -0.2) is 24.3 Å². The molecule has 0 fully saturated rings. The van der Waals surface area contributed by atoms with E-state index in [1.165, 1.54) is 17.7 Å². The van der Waals surface area contributed by atoms with Crippen LogP contribution in [0.2, 0.25) is 0 Å². The largest absolute Gasteiger partial charge is 0.391 e. The number of anilines is 1. The Morgan fingerprint density at radius 3 is 2.71 bits per heavy atom. The van der Waals surface area contributed by atoms with Crippen LogP contribution in [0, 0.1) is 5.41 Å². The first-order valence-electron chi connectivity index (χ1n) is 6.49. The number of para-hydroxylation sites is 1. The van der Waals surface area contributed by atoms with E-state index in [0.29, 0.717) is 0 Å². The molecule has 1 aliphatic rings. The van der Waals surface area contributed by atoms with Crippen LogP contribution in [0.1, 0.15) is 32.8 Å². The Morgan fingerprint density at radius 1 is 1.29 bits per heavy atom. The summed E-state index contributed by atoms with van der Waals surface area (Å²) in [7, 11) is 0. The Bertz CT molecular complexity index is 381. The van der Waals surface area contributed by atoms with Crippen LogP contribution in [0.4, 0.5) is 5.69 Å². The number of aliphatic hydroxyl groups is 1. The summed E-state index contributed by atoms with van der Waals surface area (Å²) in [6, 6.07) is 8.55. The summed E-state index contributed by atoms with van der Waals surface area (Å²) in [5.74, 6) is 0. The zero-order valence-corrected chi connectivity index (χ0v) is 11.1. The van der Waals surface area contributed by atoms with Crippen molar-refractivity contribution in [2.24, 2.45) is 5.41 Å². The molecule has 0 aliphatic carbocycles. The summed E-state index contributed by atoms with van der Waals surface area (Å²) in [4.78, 5) is 2.33. The molecule has 2 nitrogen and oxygen atoms in total. The van der Waals surface area contributed by atoms with Crippen molar-refractivity contribution in [1.82, 2.24) is 0 Å². The molecule has 1 N–H and O–H groups in total. The summed E-state index contributed by atoms with van der Waals surface area (Å²) >= 11 is 0. The van der Waals surface area contributed by atoms with Gasteiger partial charge in [-0.15, -0.1) is 0 Å². The van der Waals surface area contributed by atoms with E-state index in [-0.39, 0.29) is 11.5 Å². The van der Waals surface area contributed by atoms with Crippen molar-refractivity contribution in [1.29, 1.82) is 0 Å². The molecule has 0 saturated carbocycles. The Labute approximate surface area is 104 Å². The van der Waals surface area contributed by atoms with Gasteiger partial charge in [0.15, 0.2) is 0 Å². The van der Waals surface area contributed by atoms with Crippen LogP contribution in [0.25, 0.3) is 0 Å². The third-order valence-corrected chi connectivity index (χ3v) is 3.60. The molecule has 0 spiro atoms. The number of benzene rings is 1. The zero-order valence-electron chi connectivity index (χ0n) is 11.1. The highest BCUT2D eigenvalue weighted by Crippen LogP contribution is 2.29. The molecule has 94 valence electrons. The van der Waals surface area contributed by atoms with E-state index < -0.39 is 0 Å². The molecule has 1 unspecified atom stereocenters. The molecule has 0 aromatic heterocycles. The van der Waals surface area contributed by atoms with Crippen molar-refractivity contribution in [3.8, 4) is 0 Å². The minimum absolute atomic E-state index is 0.0492. The van der Waals surface area contributed by atoms with Crippen molar-refractivity contribution in [2.75, 3.05) is 18.0 Å². The van der Waals surface area contributed by atoms with E-state index in [1.807, 2.05) is 0 Å². The predicted molar refractivity (Wildman–Crippen MR) is 72.4 cm³/mol. The van der Waals surface area contributed by atoms with Gasteiger partial charge < -0.3 is 10.0 Å². The second-order valence-electron chi connectivity index (χ2n) is 6.06. The summed E-state index contributed by atoms with van der Waals surface area (Å²) < 4.78 is 0. The molecule has 1 aromatic rings. The number of rotatable bonds is 2. The Morgan fingerprint density at radius 2 is 2.00 bits per heavy atom. The van der Waals surface area contributed by atoms with Gasteiger partial charge in [0, 0.05) is 18.8 Å². The van der Waals surface area contributed by atoms with Gasteiger partial charge in [0.25, 0.3) is 0 Å². The van der Waals surface area contributed by atoms with Crippen LogP contribution in [0.15, 0.2) is 24.3 Å². The number of aryl methyl sites for hydroxylation is 1. The summed E-state index contributed by atoms with van der Waals surface area (Å²) in [5, 5.41) is 10.2. The lowest BCUT2D eigenvalue weighted by molar-refractivity contribution is 0.0687. The molecule has 17 heavy (non-hydrogen) atoms. The topological polar surface area (TPSA) is 23.5 Å². The molecule has 1 aliphatic heterocycles. The molecule has 2 heteroatoms. The number of hydrogen-bond acceptors (Lipinski definition) is 2. The van der Waals surface area contributed by atoms with Crippen molar-refractivity contribution in [2.45, 2.75) is 39.7 Å². The van der Waals surface area contributed by atoms with Crippen LogP contribution in [-0.2, 0) is 6.42 Å². The molecule has 0 saturated heterocycles. The number of hydrogen-bond donors (Lipinski definition) is 1. The van der Waals surface area contributed by atoms with Gasteiger partial charge in [-0.2, -0.15) is 0 Å². The van der Waals surface area contributed by atoms with E-state index in [9.17, 15) is 5.11 Å². The van der Waals surface area contributed by atoms with E-state index in [4.69, 9.17) is 0 Å². The summed E-state index contributed by atoms with van der Waals surface area (Å²) in [5.41, 5.74) is 2.67. The molecule has 1 aromatic carbocycles. The summed E-state index contributed by atoms with van der Waals surface area (Å²) in [6.07, 6.45) is 2.07. The first-order chi connectivity index (χ1) is 7.98. The van der Waals surface area contributed by atoms with Gasteiger partial charge in [0.05, 0.1) is 6.10 Å². The minimum atomic E-state index is -0.284. The fourth-order valence-corrected chi connectivity index (χ4v) is 2.28. The molecule has 0 amide bonds. The van der Waals surface area contributed by atoms with Crippen LogP contribution < -0.4 is 4.90 Å². The van der Waals surface area contributed by atoms with Crippen molar-refractivity contribution in [3.05, 3.63) is 29.8 Å². The number of nitrogens with zero attached hydrogens (tertiary/aromatic N) is 1. The molecule has 0 radical (unpaired) electrons.